The van der Waals surface area contributed by atoms with Crippen LogP contribution in [0.25, 0.3) is 0 Å². The van der Waals surface area contributed by atoms with E-state index in [-0.39, 0.29) is 17.9 Å². The molecule has 140 valence electrons. The molecule has 4 heteroatoms. The second-order valence-electron chi connectivity index (χ2n) is 7.72. The number of anilines is 1. The number of halogens is 1. The lowest BCUT2D eigenvalue weighted by molar-refractivity contribution is 0.173. The van der Waals surface area contributed by atoms with Gasteiger partial charge in [0.15, 0.2) is 0 Å². The maximum absolute atomic E-state index is 13.5. The molecule has 2 bridgehead atoms. The normalized spacial score (nSPS) is 24.0. The van der Waals surface area contributed by atoms with Gasteiger partial charge in [0.25, 0.3) is 0 Å². The third kappa shape index (κ3) is 3.90. The van der Waals surface area contributed by atoms with Crippen molar-refractivity contribution in [1.82, 2.24) is 4.90 Å². The number of carbonyl (C=O) groups is 1. The molecule has 0 radical (unpaired) electrons. The molecule has 3 nitrogen and oxygen atoms in total. The Bertz CT molecular complexity index is 835. The van der Waals surface area contributed by atoms with Crippen LogP contribution in [0, 0.1) is 23.6 Å². The molecule has 2 aromatic rings. The molecule has 2 aliphatic carbocycles. The summed E-state index contributed by atoms with van der Waals surface area (Å²) in [6.07, 6.45) is 6.99. The topological polar surface area (TPSA) is 32.3 Å². The van der Waals surface area contributed by atoms with Gasteiger partial charge in [-0.25, -0.2) is 9.18 Å². The van der Waals surface area contributed by atoms with E-state index in [1.54, 1.807) is 12.1 Å². The number of allylic oxidation sites excluding steroid dienone is 2. The fraction of sp³-hybridized carbons (Fsp3) is 0.348. The van der Waals surface area contributed by atoms with Gasteiger partial charge in [0.05, 0.1) is 6.04 Å². The lowest BCUT2D eigenvalue weighted by Gasteiger charge is -2.33. The minimum absolute atomic E-state index is 0.0529. The van der Waals surface area contributed by atoms with Crippen LogP contribution in [0.15, 0.2) is 66.7 Å². The molecule has 0 saturated heterocycles. The number of hydrogen-bond donors (Lipinski definition) is 1. The zero-order chi connectivity index (χ0) is 18.8. The molecule has 0 heterocycles. The summed E-state index contributed by atoms with van der Waals surface area (Å²) < 4.78 is 13.5. The van der Waals surface area contributed by atoms with Gasteiger partial charge in [0.2, 0.25) is 0 Å². The zero-order valence-corrected chi connectivity index (χ0v) is 15.5. The predicted molar refractivity (Wildman–Crippen MR) is 106 cm³/mol. The van der Waals surface area contributed by atoms with Crippen LogP contribution in [0.2, 0.25) is 0 Å². The predicted octanol–water partition coefficient (Wildman–Crippen LogP) is 5.63. The lowest BCUT2D eigenvalue weighted by Crippen LogP contribution is -2.41. The van der Waals surface area contributed by atoms with Gasteiger partial charge in [0.1, 0.15) is 5.82 Å². The Morgan fingerprint density at radius 1 is 1.15 bits per heavy atom. The average molecular weight is 364 g/mol. The Balaban J connectivity index is 1.55. The summed E-state index contributed by atoms with van der Waals surface area (Å²) in [6, 6.07) is 15.9. The Morgan fingerprint density at radius 3 is 2.63 bits per heavy atom. The summed E-state index contributed by atoms with van der Waals surface area (Å²) in [5, 5.41) is 2.88. The summed E-state index contributed by atoms with van der Waals surface area (Å²) in [4.78, 5) is 15.0. The average Bonchev–Trinajstić information content (AvgIpc) is 3.29. The largest absolute Gasteiger partial charge is 0.322 e. The summed E-state index contributed by atoms with van der Waals surface area (Å²) >= 11 is 0. The molecule has 2 aromatic carbocycles. The number of nitrogens with one attached hydrogen (secondary N) is 1. The van der Waals surface area contributed by atoms with Crippen molar-refractivity contribution in [2.24, 2.45) is 17.8 Å². The number of hydrogen-bond acceptors (Lipinski definition) is 1. The molecule has 0 aliphatic heterocycles. The fourth-order valence-corrected chi connectivity index (χ4v) is 4.45. The van der Waals surface area contributed by atoms with Crippen molar-refractivity contribution in [2.75, 3.05) is 11.9 Å². The van der Waals surface area contributed by atoms with E-state index in [0.29, 0.717) is 30.0 Å². The quantitative estimate of drug-likeness (QED) is 0.685. The van der Waals surface area contributed by atoms with Gasteiger partial charge in [-0.15, -0.1) is 0 Å². The van der Waals surface area contributed by atoms with Crippen LogP contribution in [-0.2, 0) is 0 Å². The zero-order valence-electron chi connectivity index (χ0n) is 15.5. The summed E-state index contributed by atoms with van der Waals surface area (Å²) in [7, 11) is 0. The van der Waals surface area contributed by atoms with Gasteiger partial charge < -0.3 is 10.2 Å². The van der Waals surface area contributed by atoms with E-state index in [4.69, 9.17) is 0 Å². The first kappa shape index (κ1) is 17.8. The Hall–Kier alpha value is -2.62. The van der Waals surface area contributed by atoms with Crippen molar-refractivity contribution < 1.29 is 9.18 Å². The maximum atomic E-state index is 13.5. The van der Waals surface area contributed by atoms with Crippen LogP contribution in [0.5, 0.6) is 0 Å². The van der Waals surface area contributed by atoms with Gasteiger partial charge >= 0.3 is 6.03 Å². The standard InChI is InChI=1S/C23H25FN2O/c1-16(18-6-3-2-4-7-18)26(15-20-13-17-10-11-19(20)12-17)23(27)25-22-9-5-8-21(24)14-22/h2-11,14,16-17,19-20H,12-13,15H2,1H3,(H,25,27). The highest BCUT2D eigenvalue weighted by molar-refractivity contribution is 5.89. The van der Waals surface area contributed by atoms with Crippen LogP contribution >= 0.6 is 0 Å². The van der Waals surface area contributed by atoms with E-state index < -0.39 is 0 Å². The van der Waals surface area contributed by atoms with Crippen LogP contribution in [-0.4, -0.2) is 17.5 Å². The summed E-state index contributed by atoms with van der Waals surface area (Å²) in [5.74, 6) is 1.38. The van der Waals surface area contributed by atoms with E-state index in [2.05, 4.69) is 24.4 Å². The van der Waals surface area contributed by atoms with E-state index in [1.165, 1.54) is 18.6 Å². The maximum Gasteiger partial charge on any atom is 0.322 e. The highest BCUT2D eigenvalue weighted by Crippen LogP contribution is 2.44. The molecule has 0 spiro atoms. The van der Waals surface area contributed by atoms with Crippen LogP contribution in [0.3, 0.4) is 0 Å². The number of amides is 2. The van der Waals surface area contributed by atoms with Crippen molar-refractivity contribution >= 4 is 11.7 Å². The van der Waals surface area contributed by atoms with Crippen LogP contribution < -0.4 is 5.32 Å². The Morgan fingerprint density at radius 2 is 1.96 bits per heavy atom. The second-order valence-corrected chi connectivity index (χ2v) is 7.72. The number of urea groups is 1. The minimum Gasteiger partial charge on any atom is -0.317 e. The van der Waals surface area contributed by atoms with Crippen molar-refractivity contribution in [1.29, 1.82) is 0 Å². The van der Waals surface area contributed by atoms with Crippen LogP contribution in [0.1, 0.15) is 31.4 Å². The molecule has 27 heavy (non-hydrogen) atoms. The van der Waals surface area contributed by atoms with Crippen molar-refractivity contribution in [3.8, 4) is 0 Å². The Kier molecular flexibility index (Phi) is 4.97. The van der Waals surface area contributed by atoms with Gasteiger partial charge in [-0.3, -0.25) is 0 Å². The molecule has 4 atom stereocenters. The first-order chi connectivity index (χ1) is 13.1. The number of benzene rings is 2. The number of fused-ring (bicyclic) bond motifs is 2. The van der Waals surface area contributed by atoms with Gasteiger partial charge in [0, 0.05) is 12.2 Å². The first-order valence-corrected chi connectivity index (χ1v) is 9.66. The van der Waals surface area contributed by atoms with E-state index in [0.717, 1.165) is 12.0 Å². The number of carbonyl (C=O) groups excluding carboxylic acids is 1. The molecule has 4 unspecified atom stereocenters. The molecule has 1 saturated carbocycles. The second kappa shape index (κ2) is 7.55. The third-order valence-corrected chi connectivity index (χ3v) is 5.93. The Labute approximate surface area is 159 Å². The number of nitrogens with zero attached hydrogens (tertiary/aromatic N) is 1. The van der Waals surface area contributed by atoms with E-state index in [1.807, 2.05) is 35.2 Å². The smallest absolute Gasteiger partial charge is 0.317 e. The van der Waals surface area contributed by atoms with E-state index in [9.17, 15) is 9.18 Å². The summed E-state index contributed by atoms with van der Waals surface area (Å²) in [6.45, 7) is 2.77. The molecule has 1 N–H and O–H groups in total. The number of rotatable bonds is 5. The van der Waals surface area contributed by atoms with Crippen molar-refractivity contribution in [2.45, 2.75) is 25.8 Å². The van der Waals surface area contributed by atoms with Gasteiger partial charge in [-0.05, 0) is 61.3 Å². The SMILES string of the molecule is CC(c1ccccc1)N(CC1CC2C=CC1C2)C(=O)Nc1cccc(F)c1. The fourth-order valence-electron chi connectivity index (χ4n) is 4.45. The minimum atomic E-state index is -0.353. The monoisotopic (exact) mass is 364 g/mol. The highest BCUT2D eigenvalue weighted by Gasteiger charge is 2.38. The lowest BCUT2D eigenvalue weighted by atomic mass is 9.92. The molecule has 2 aliphatic rings. The molecular weight excluding hydrogens is 339 g/mol. The van der Waals surface area contributed by atoms with Crippen molar-refractivity contribution in [3.63, 3.8) is 0 Å². The molecule has 0 aromatic heterocycles. The molecule has 1 fully saturated rings. The van der Waals surface area contributed by atoms with Crippen LogP contribution in [0.4, 0.5) is 14.9 Å². The third-order valence-electron chi connectivity index (χ3n) is 5.93. The highest BCUT2D eigenvalue weighted by atomic mass is 19.1. The molecule has 4 rings (SSSR count). The molecular formula is C23H25FN2O. The summed E-state index contributed by atoms with van der Waals surface area (Å²) in [5.41, 5.74) is 1.59. The van der Waals surface area contributed by atoms with Crippen molar-refractivity contribution in [3.05, 3.63) is 78.1 Å². The van der Waals surface area contributed by atoms with Gasteiger partial charge in [-0.2, -0.15) is 0 Å². The van der Waals surface area contributed by atoms with Gasteiger partial charge in [-0.1, -0.05) is 48.6 Å². The van der Waals surface area contributed by atoms with E-state index >= 15 is 0 Å². The molecule has 2 amide bonds. The first-order valence-electron chi connectivity index (χ1n) is 9.66.